The molecule has 0 saturated heterocycles. The second-order valence-corrected chi connectivity index (χ2v) is 6.08. The third kappa shape index (κ3) is 3.17. The minimum Gasteiger partial charge on any atom is -0.469 e. The van der Waals surface area contributed by atoms with Crippen LogP contribution in [0.25, 0.3) is 0 Å². The van der Waals surface area contributed by atoms with Crippen LogP contribution in [0.15, 0.2) is 24.3 Å². The van der Waals surface area contributed by atoms with Crippen LogP contribution in [0.5, 0.6) is 0 Å². The summed E-state index contributed by atoms with van der Waals surface area (Å²) in [4.78, 5) is 36.9. The van der Waals surface area contributed by atoms with Crippen LogP contribution in [-0.4, -0.2) is 42.6 Å². The number of esters is 2. The SMILES string of the molecule is COC(=O)[C@H]1C(=O)C[C@](C)(O)[C@@H](C(=O)OC)[C@@H]1c1ccc(F)cc1. The van der Waals surface area contributed by atoms with Crippen molar-refractivity contribution in [3.05, 3.63) is 35.6 Å². The lowest BCUT2D eigenvalue weighted by Gasteiger charge is -2.43. The van der Waals surface area contributed by atoms with Crippen molar-refractivity contribution in [3.63, 3.8) is 0 Å². The van der Waals surface area contributed by atoms with E-state index in [1.165, 1.54) is 19.1 Å². The molecule has 0 heterocycles. The van der Waals surface area contributed by atoms with Crippen molar-refractivity contribution in [2.75, 3.05) is 14.2 Å². The van der Waals surface area contributed by atoms with Crippen molar-refractivity contribution in [2.24, 2.45) is 11.8 Å². The Morgan fingerprint density at radius 2 is 1.71 bits per heavy atom. The van der Waals surface area contributed by atoms with Crippen molar-refractivity contribution in [3.8, 4) is 0 Å². The van der Waals surface area contributed by atoms with Crippen molar-refractivity contribution in [1.82, 2.24) is 0 Å². The zero-order chi connectivity index (χ0) is 18.1. The Hall–Kier alpha value is -2.28. The van der Waals surface area contributed by atoms with Crippen LogP contribution < -0.4 is 0 Å². The van der Waals surface area contributed by atoms with Gasteiger partial charge < -0.3 is 14.6 Å². The van der Waals surface area contributed by atoms with Crippen LogP contribution in [0.2, 0.25) is 0 Å². The maximum atomic E-state index is 13.2. The summed E-state index contributed by atoms with van der Waals surface area (Å²) >= 11 is 0. The number of carbonyl (C=O) groups excluding carboxylic acids is 3. The molecular formula is C17H19FO6. The van der Waals surface area contributed by atoms with E-state index in [2.05, 4.69) is 0 Å². The second-order valence-electron chi connectivity index (χ2n) is 6.08. The number of hydrogen-bond donors (Lipinski definition) is 1. The van der Waals surface area contributed by atoms with Gasteiger partial charge in [0, 0.05) is 12.3 Å². The van der Waals surface area contributed by atoms with Gasteiger partial charge in [-0.05, 0) is 24.6 Å². The van der Waals surface area contributed by atoms with Gasteiger partial charge in [0.05, 0.1) is 25.7 Å². The lowest BCUT2D eigenvalue weighted by atomic mass is 9.62. The molecule has 0 aliphatic heterocycles. The summed E-state index contributed by atoms with van der Waals surface area (Å²) in [5, 5.41) is 10.6. The van der Waals surface area contributed by atoms with Crippen LogP contribution in [0.3, 0.4) is 0 Å². The van der Waals surface area contributed by atoms with Crippen molar-refractivity contribution < 1.29 is 33.4 Å². The highest BCUT2D eigenvalue weighted by Crippen LogP contribution is 2.46. The minimum absolute atomic E-state index is 0.371. The fourth-order valence-electron chi connectivity index (χ4n) is 3.35. The Kier molecular flexibility index (Phi) is 5.03. The standard InChI is InChI=1S/C17H19FO6/c1-17(22)8-11(19)13(15(20)23-2)12(14(17)16(21)24-3)9-4-6-10(18)7-5-9/h4-7,12-14,22H,8H2,1-3H3/t12-,13+,14-,17+/m1/s1. The van der Waals surface area contributed by atoms with Crippen molar-refractivity contribution in [2.45, 2.75) is 24.9 Å². The lowest BCUT2D eigenvalue weighted by Crippen LogP contribution is -2.55. The maximum absolute atomic E-state index is 13.2. The van der Waals surface area contributed by atoms with Gasteiger partial charge in [-0.15, -0.1) is 0 Å². The van der Waals surface area contributed by atoms with Gasteiger partial charge in [-0.25, -0.2) is 4.39 Å². The molecule has 7 heteroatoms. The number of ketones is 1. The number of Topliss-reactive ketones (excluding diaryl/α,β-unsaturated/α-hetero) is 1. The van der Waals surface area contributed by atoms with Crippen molar-refractivity contribution >= 4 is 17.7 Å². The summed E-state index contributed by atoms with van der Waals surface area (Å²) in [5.41, 5.74) is -1.33. The van der Waals surface area contributed by atoms with E-state index in [1.54, 1.807) is 0 Å². The first-order valence-corrected chi connectivity index (χ1v) is 7.39. The first-order valence-electron chi connectivity index (χ1n) is 7.39. The second kappa shape index (κ2) is 6.68. The molecule has 1 saturated carbocycles. The number of halogens is 1. The Bertz CT molecular complexity index is 652. The predicted molar refractivity (Wildman–Crippen MR) is 80.4 cm³/mol. The molecule has 6 nitrogen and oxygen atoms in total. The fourth-order valence-corrected chi connectivity index (χ4v) is 3.35. The molecule has 1 fully saturated rings. The molecule has 4 atom stereocenters. The summed E-state index contributed by atoms with van der Waals surface area (Å²) in [6, 6.07) is 5.07. The number of aliphatic hydroxyl groups is 1. The summed E-state index contributed by atoms with van der Waals surface area (Å²) < 4.78 is 22.7. The number of rotatable bonds is 3. The van der Waals surface area contributed by atoms with E-state index in [-0.39, 0.29) is 6.42 Å². The Morgan fingerprint density at radius 3 is 2.21 bits per heavy atom. The van der Waals surface area contributed by atoms with E-state index in [4.69, 9.17) is 9.47 Å². The molecule has 0 bridgehead atoms. The zero-order valence-corrected chi connectivity index (χ0v) is 13.6. The van der Waals surface area contributed by atoms with Crippen LogP contribution in [0.4, 0.5) is 4.39 Å². The summed E-state index contributed by atoms with van der Waals surface area (Å²) in [6.07, 6.45) is -0.385. The monoisotopic (exact) mass is 338 g/mol. The molecule has 0 unspecified atom stereocenters. The Balaban J connectivity index is 2.63. The van der Waals surface area contributed by atoms with E-state index < -0.39 is 46.9 Å². The number of carbonyl (C=O) groups is 3. The summed E-state index contributed by atoms with van der Waals surface area (Å²) in [7, 11) is 2.29. The molecule has 2 rings (SSSR count). The number of ether oxygens (including phenoxy) is 2. The van der Waals surface area contributed by atoms with Gasteiger partial charge in [0.2, 0.25) is 0 Å². The molecule has 0 spiro atoms. The molecule has 0 aromatic heterocycles. The summed E-state index contributed by atoms with van der Waals surface area (Å²) in [6.45, 7) is 1.34. The molecule has 130 valence electrons. The highest BCUT2D eigenvalue weighted by Gasteiger charge is 2.56. The first kappa shape index (κ1) is 18.1. The molecule has 1 aliphatic rings. The van der Waals surface area contributed by atoms with Crippen LogP contribution >= 0.6 is 0 Å². The molecule has 24 heavy (non-hydrogen) atoms. The van der Waals surface area contributed by atoms with Crippen molar-refractivity contribution in [1.29, 1.82) is 0 Å². The summed E-state index contributed by atoms with van der Waals surface area (Å²) in [5.74, 6) is -6.06. The molecule has 0 amide bonds. The molecule has 1 N–H and O–H groups in total. The van der Waals surface area contributed by atoms with Gasteiger partial charge in [0.15, 0.2) is 5.78 Å². The van der Waals surface area contributed by atoms with Gasteiger partial charge >= 0.3 is 11.9 Å². The third-order valence-electron chi connectivity index (χ3n) is 4.43. The molecule has 1 aliphatic carbocycles. The first-order chi connectivity index (χ1) is 11.2. The van der Waals surface area contributed by atoms with Gasteiger partial charge in [-0.3, -0.25) is 14.4 Å². The molecule has 1 aromatic rings. The number of methoxy groups -OCH3 is 2. The van der Waals surface area contributed by atoms with E-state index in [0.717, 1.165) is 26.4 Å². The van der Waals surface area contributed by atoms with E-state index in [9.17, 15) is 23.9 Å². The third-order valence-corrected chi connectivity index (χ3v) is 4.43. The fraction of sp³-hybridized carbons (Fsp3) is 0.471. The van der Waals surface area contributed by atoms with Crippen LogP contribution in [-0.2, 0) is 23.9 Å². The van der Waals surface area contributed by atoms with Gasteiger partial charge in [0.25, 0.3) is 0 Å². The Morgan fingerprint density at radius 1 is 1.17 bits per heavy atom. The smallest absolute Gasteiger partial charge is 0.316 e. The quantitative estimate of drug-likeness (QED) is 0.658. The van der Waals surface area contributed by atoms with Gasteiger partial charge in [-0.1, -0.05) is 12.1 Å². The minimum atomic E-state index is -1.70. The largest absolute Gasteiger partial charge is 0.469 e. The topological polar surface area (TPSA) is 89.9 Å². The van der Waals surface area contributed by atoms with E-state index in [0.29, 0.717) is 5.56 Å². The average Bonchev–Trinajstić information content (AvgIpc) is 2.53. The van der Waals surface area contributed by atoms with E-state index in [1.807, 2.05) is 0 Å². The van der Waals surface area contributed by atoms with Gasteiger partial charge in [-0.2, -0.15) is 0 Å². The van der Waals surface area contributed by atoms with E-state index >= 15 is 0 Å². The number of hydrogen-bond acceptors (Lipinski definition) is 6. The number of benzene rings is 1. The molecule has 1 aromatic carbocycles. The highest BCUT2D eigenvalue weighted by molar-refractivity contribution is 6.02. The van der Waals surface area contributed by atoms with Crippen LogP contribution in [0, 0.1) is 17.7 Å². The van der Waals surface area contributed by atoms with Crippen LogP contribution in [0.1, 0.15) is 24.8 Å². The zero-order valence-electron chi connectivity index (χ0n) is 13.6. The molecular weight excluding hydrogens is 319 g/mol. The average molecular weight is 338 g/mol. The maximum Gasteiger partial charge on any atom is 0.316 e. The normalized spacial score (nSPS) is 29.9. The highest BCUT2D eigenvalue weighted by atomic mass is 19.1. The molecule has 0 radical (unpaired) electrons. The predicted octanol–water partition coefficient (Wildman–Crippen LogP) is 1.21. The van der Waals surface area contributed by atoms with Gasteiger partial charge in [0.1, 0.15) is 11.7 Å². The Labute approximate surface area is 138 Å². The lowest BCUT2D eigenvalue weighted by molar-refractivity contribution is -0.170.